The first-order valence-electron chi connectivity index (χ1n) is 6.40. The first kappa shape index (κ1) is 17.1. The molecule has 0 aliphatic carbocycles. The van der Waals surface area contributed by atoms with Gasteiger partial charge in [0, 0.05) is 30.0 Å². The minimum Gasteiger partial charge on any atom is -0.467 e. The zero-order valence-corrected chi connectivity index (χ0v) is 12.1. The highest BCUT2D eigenvalue weighted by molar-refractivity contribution is 5.97. The van der Waals surface area contributed by atoms with Crippen molar-refractivity contribution in [3.05, 3.63) is 39.9 Å². The Morgan fingerprint density at radius 2 is 2.18 bits per heavy atom. The van der Waals surface area contributed by atoms with E-state index in [0.717, 1.165) is 6.07 Å². The van der Waals surface area contributed by atoms with E-state index in [2.05, 4.69) is 10.1 Å². The Labute approximate surface area is 126 Å². The van der Waals surface area contributed by atoms with E-state index in [1.807, 2.05) is 6.07 Å². The van der Waals surface area contributed by atoms with Gasteiger partial charge in [0.1, 0.15) is 6.04 Å². The maximum Gasteiger partial charge on any atom is 0.328 e. The summed E-state index contributed by atoms with van der Waals surface area (Å²) in [6.45, 7) is 1.62. The van der Waals surface area contributed by atoms with Crippen LogP contribution in [-0.4, -0.2) is 30.0 Å². The quantitative estimate of drug-likeness (QED) is 0.481. The smallest absolute Gasteiger partial charge is 0.328 e. The van der Waals surface area contributed by atoms with Crippen LogP contribution in [0, 0.1) is 27.4 Å². The lowest BCUT2D eigenvalue weighted by molar-refractivity contribution is -0.384. The van der Waals surface area contributed by atoms with Crippen molar-refractivity contribution in [2.75, 3.05) is 7.11 Å². The van der Waals surface area contributed by atoms with E-state index < -0.39 is 28.8 Å². The van der Waals surface area contributed by atoms with Crippen LogP contribution in [0.3, 0.4) is 0 Å². The van der Waals surface area contributed by atoms with E-state index in [-0.39, 0.29) is 17.7 Å². The molecule has 0 fully saturated rings. The Balaban J connectivity index is 2.96. The number of hydrogen-bond acceptors (Lipinski definition) is 6. The van der Waals surface area contributed by atoms with Gasteiger partial charge < -0.3 is 10.1 Å². The van der Waals surface area contributed by atoms with Crippen LogP contribution in [0.4, 0.5) is 5.69 Å². The molecule has 0 aliphatic rings. The SMILES string of the molecule is COC(=O)[C@H](NC(=O)c1cccc([N+](=O)[O-])c1)[C@@H](C)CC#N. The number of ether oxygens (including phenoxy) is 1. The number of nitriles is 1. The second-order valence-corrected chi connectivity index (χ2v) is 4.62. The Kier molecular flexibility index (Phi) is 6.01. The molecule has 8 nitrogen and oxygen atoms in total. The maximum absolute atomic E-state index is 12.1. The molecule has 1 aromatic rings. The molecule has 1 N–H and O–H groups in total. The van der Waals surface area contributed by atoms with Gasteiger partial charge in [-0.25, -0.2) is 4.79 Å². The second-order valence-electron chi connectivity index (χ2n) is 4.62. The van der Waals surface area contributed by atoms with E-state index in [4.69, 9.17) is 5.26 Å². The molecule has 1 rings (SSSR count). The molecule has 1 amide bonds. The number of carbonyl (C=O) groups is 2. The maximum atomic E-state index is 12.1. The average molecular weight is 305 g/mol. The van der Waals surface area contributed by atoms with Crippen molar-refractivity contribution in [1.29, 1.82) is 5.26 Å². The van der Waals surface area contributed by atoms with Crippen molar-refractivity contribution in [2.45, 2.75) is 19.4 Å². The third-order valence-electron chi connectivity index (χ3n) is 3.04. The fourth-order valence-electron chi connectivity index (χ4n) is 1.81. The van der Waals surface area contributed by atoms with Gasteiger partial charge in [-0.3, -0.25) is 14.9 Å². The highest BCUT2D eigenvalue weighted by Crippen LogP contribution is 2.15. The van der Waals surface area contributed by atoms with Crippen LogP contribution in [0.15, 0.2) is 24.3 Å². The van der Waals surface area contributed by atoms with Crippen molar-refractivity contribution in [2.24, 2.45) is 5.92 Å². The third-order valence-corrected chi connectivity index (χ3v) is 3.04. The van der Waals surface area contributed by atoms with Crippen LogP contribution in [-0.2, 0) is 9.53 Å². The molecule has 0 radical (unpaired) electrons. The van der Waals surface area contributed by atoms with Gasteiger partial charge in [0.25, 0.3) is 11.6 Å². The minimum atomic E-state index is -1.00. The molecular formula is C14H15N3O5. The van der Waals surface area contributed by atoms with Crippen molar-refractivity contribution >= 4 is 17.6 Å². The topological polar surface area (TPSA) is 122 Å². The number of nitro benzene ring substituents is 1. The summed E-state index contributed by atoms with van der Waals surface area (Å²) >= 11 is 0. The van der Waals surface area contributed by atoms with Crippen LogP contribution in [0.2, 0.25) is 0 Å². The van der Waals surface area contributed by atoms with Gasteiger partial charge in [-0.05, 0) is 6.07 Å². The van der Waals surface area contributed by atoms with Crippen LogP contribution in [0.25, 0.3) is 0 Å². The van der Waals surface area contributed by atoms with E-state index in [9.17, 15) is 19.7 Å². The molecule has 0 aliphatic heterocycles. The molecular weight excluding hydrogens is 290 g/mol. The van der Waals surface area contributed by atoms with Crippen LogP contribution < -0.4 is 5.32 Å². The van der Waals surface area contributed by atoms with E-state index >= 15 is 0 Å². The van der Waals surface area contributed by atoms with Gasteiger partial charge in [-0.1, -0.05) is 13.0 Å². The van der Waals surface area contributed by atoms with Crippen LogP contribution >= 0.6 is 0 Å². The molecule has 0 heterocycles. The van der Waals surface area contributed by atoms with Crippen LogP contribution in [0.5, 0.6) is 0 Å². The van der Waals surface area contributed by atoms with Gasteiger partial charge in [0.05, 0.1) is 18.1 Å². The molecule has 0 spiro atoms. The molecule has 22 heavy (non-hydrogen) atoms. The molecule has 0 saturated heterocycles. The number of nitro groups is 1. The molecule has 2 atom stereocenters. The molecule has 0 unspecified atom stereocenters. The Hall–Kier alpha value is -2.95. The van der Waals surface area contributed by atoms with Crippen molar-refractivity contribution in [3.63, 3.8) is 0 Å². The zero-order chi connectivity index (χ0) is 16.7. The molecule has 1 aromatic carbocycles. The number of nitrogens with one attached hydrogen (secondary N) is 1. The summed E-state index contributed by atoms with van der Waals surface area (Å²) in [5, 5.41) is 21.9. The summed E-state index contributed by atoms with van der Waals surface area (Å²) in [5.74, 6) is -1.79. The predicted molar refractivity (Wildman–Crippen MR) is 75.8 cm³/mol. The number of esters is 1. The number of nitrogens with zero attached hydrogens (tertiary/aromatic N) is 2. The number of benzene rings is 1. The summed E-state index contributed by atoms with van der Waals surface area (Å²) in [5.41, 5.74) is -0.181. The summed E-state index contributed by atoms with van der Waals surface area (Å²) in [4.78, 5) is 33.9. The highest BCUT2D eigenvalue weighted by Gasteiger charge is 2.28. The fourth-order valence-corrected chi connectivity index (χ4v) is 1.81. The third kappa shape index (κ3) is 4.28. The average Bonchev–Trinajstić information content (AvgIpc) is 2.51. The summed E-state index contributed by atoms with van der Waals surface area (Å²) < 4.78 is 4.61. The highest BCUT2D eigenvalue weighted by atomic mass is 16.6. The van der Waals surface area contributed by atoms with E-state index in [1.54, 1.807) is 6.92 Å². The lowest BCUT2D eigenvalue weighted by Crippen LogP contribution is -2.45. The molecule has 0 bridgehead atoms. The number of rotatable bonds is 6. The fraction of sp³-hybridized carbons (Fsp3) is 0.357. The number of methoxy groups -OCH3 is 1. The van der Waals surface area contributed by atoms with Crippen LogP contribution in [0.1, 0.15) is 23.7 Å². The first-order chi connectivity index (χ1) is 10.4. The van der Waals surface area contributed by atoms with Gasteiger partial charge in [-0.15, -0.1) is 0 Å². The number of carbonyl (C=O) groups excluding carboxylic acids is 2. The monoisotopic (exact) mass is 305 g/mol. The molecule has 116 valence electrons. The minimum absolute atomic E-state index is 0.0484. The van der Waals surface area contributed by atoms with Crippen molar-refractivity contribution < 1.29 is 19.2 Å². The normalized spacial score (nSPS) is 12.6. The lowest BCUT2D eigenvalue weighted by Gasteiger charge is -2.21. The molecule has 0 saturated carbocycles. The first-order valence-corrected chi connectivity index (χ1v) is 6.40. The Morgan fingerprint density at radius 3 is 2.73 bits per heavy atom. The molecule has 8 heteroatoms. The Bertz CT molecular complexity index is 623. The standard InChI is InChI=1S/C14H15N3O5/c1-9(6-7-15)12(14(19)22-2)16-13(18)10-4-3-5-11(8-10)17(20)21/h3-5,8-9,12H,6H2,1-2H3,(H,16,18)/t9-,12+/m0/s1. The Morgan fingerprint density at radius 1 is 1.50 bits per heavy atom. The summed E-state index contributed by atoms with van der Waals surface area (Å²) in [7, 11) is 1.17. The van der Waals surface area contributed by atoms with E-state index in [1.165, 1.54) is 25.3 Å². The van der Waals surface area contributed by atoms with Gasteiger partial charge in [0.2, 0.25) is 0 Å². The number of amides is 1. The lowest BCUT2D eigenvalue weighted by atomic mass is 9.98. The largest absolute Gasteiger partial charge is 0.467 e. The van der Waals surface area contributed by atoms with Gasteiger partial charge >= 0.3 is 5.97 Å². The van der Waals surface area contributed by atoms with Crippen molar-refractivity contribution in [3.8, 4) is 6.07 Å². The second kappa shape index (κ2) is 7.73. The van der Waals surface area contributed by atoms with Gasteiger partial charge in [-0.2, -0.15) is 5.26 Å². The molecule has 0 aromatic heterocycles. The van der Waals surface area contributed by atoms with E-state index in [0.29, 0.717) is 0 Å². The predicted octanol–water partition coefficient (Wildman–Crippen LogP) is 1.42. The number of hydrogen-bond donors (Lipinski definition) is 1. The van der Waals surface area contributed by atoms with Crippen molar-refractivity contribution in [1.82, 2.24) is 5.32 Å². The summed E-state index contributed by atoms with van der Waals surface area (Å²) in [6.07, 6.45) is 0.0506. The zero-order valence-electron chi connectivity index (χ0n) is 12.1. The van der Waals surface area contributed by atoms with Gasteiger partial charge in [0.15, 0.2) is 0 Å². The summed E-state index contributed by atoms with van der Waals surface area (Å²) in [6, 6.07) is 6.05. The number of non-ortho nitro benzene ring substituents is 1.